The van der Waals surface area contributed by atoms with E-state index in [1.54, 1.807) is 7.05 Å². The minimum Gasteiger partial charge on any atom is -0.384 e. The highest BCUT2D eigenvalue weighted by Gasteiger charge is 2.31. The normalized spacial score (nSPS) is 16.0. The summed E-state index contributed by atoms with van der Waals surface area (Å²) in [4.78, 5) is 0. The van der Waals surface area contributed by atoms with Crippen LogP contribution in [0.3, 0.4) is 0 Å². The highest BCUT2D eigenvalue weighted by molar-refractivity contribution is 7.89. The van der Waals surface area contributed by atoms with Gasteiger partial charge < -0.3 is 5.11 Å². The average molecular weight is 307 g/mol. The Morgan fingerprint density at radius 1 is 1.33 bits per heavy atom. The SMILES string of the molecule is CN(Cc1cccc(C#CCO)c1)S(=O)(=O)C1CCCC1. The Hall–Kier alpha value is -1.35. The van der Waals surface area contributed by atoms with Crippen molar-refractivity contribution in [2.45, 2.75) is 37.5 Å². The van der Waals surface area contributed by atoms with Gasteiger partial charge in [-0.1, -0.05) is 36.8 Å². The van der Waals surface area contributed by atoms with Gasteiger partial charge in [0.25, 0.3) is 0 Å². The van der Waals surface area contributed by atoms with Gasteiger partial charge in [-0.15, -0.1) is 0 Å². The van der Waals surface area contributed by atoms with E-state index >= 15 is 0 Å². The van der Waals surface area contributed by atoms with Gasteiger partial charge in [0.1, 0.15) is 6.61 Å². The van der Waals surface area contributed by atoms with E-state index in [1.807, 2.05) is 24.3 Å². The molecule has 0 aromatic heterocycles. The summed E-state index contributed by atoms with van der Waals surface area (Å²) >= 11 is 0. The molecule has 1 aliphatic carbocycles. The van der Waals surface area contributed by atoms with Crippen LogP contribution in [0, 0.1) is 11.8 Å². The third-order valence-electron chi connectivity index (χ3n) is 3.80. The maximum Gasteiger partial charge on any atom is 0.217 e. The fourth-order valence-electron chi connectivity index (χ4n) is 2.68. The molecule has 1 N–H and O–H groups in total. The minimum atomic E-state index is -3.21. The molecular formula is C16H21NO3S. The van der Waals surface area contributed by atoms with E-state index < -0.39 is 10.0 Å². The zero-order valence-electron chi connectivity index (χ0n) is 12.2. The van der Waals surface area contributed by atoms with E-state index in [2.05, 4.69) is 11.8 Å². The van der Waals surface area contributed by atoms with Gasteiger partial charge in [-0.3, -0.25) is 0 Å². The summed E-state index contributed by atoms with van der Waals surface area (Å²) in [5.74, 6) is 5.43. The number of aliphatic hydroxyl groups is 1. The summed E-state index contributed by atoms with van der Waals surface area (Å²) in [6, 6.07) is 7.46. The molecule has 4 nitrogen and oxygen atoms in total. The van der Waals surface area contributed by atoms with Crippen molar-refractivity contribution in [2.75, 3.05) is 13.7 Å². The zero-order valence-corrected chi connectivity index (χ0v) is 13.1. The Bertz CT molecular complexity index is 637. The van der Waals surface area contributed by atoms with Crippen LogP contribution in [-0.4, -0.2) is 36.7 Å². The van der Waals surface area contributed by atoms with Crippen molar-refractivity contribution in [3.8, 4) is 11.8 Å². The number of nitrogens with zero attached hydrogens (tertiary/aromatic N) is 1. The van der Waals surface area contributed by atoms with E-state index in [9.17, 15) is 8.42 Å². The van der Waals surface area contributed by atoms with Gasteiger partial charge in [-0.05, 0) is 30.5 Å². The Labute approximate surface area is 126 Å². The molecule has 1 fully saturated rings. The van der Waals surface area contributed by atoms with E-state index in [-0.39, 0.29) is 11.9 Å². The molecule has 1 aliphatic rings. The van der Waals surface area contributed by atoms with Gasteiger partial charge in [0.2, 0.25) is 10.0 Å². The number of hydrogen-bond donors (Lipinski definition) is 1. The van der Waals surface area contributed by atoms with Gasteiger partial charge in [0.15, 0.2) is 0 Å². The lowest BCUT2D eigenvalue weighted by molar-refractivity contribution is 0.350. The quantitative estimate of drug-likeness (QED) is 0.862. The molecule has 0 saturated heterocycles. The minimum absolute atomic E-state index is 0.180. The smallest absolute Gasteiger partial charge is 0.217 e. The summed E-state index contributed by atoms with van der Waals surface area (Å²) in [5, 5.41) is 8.49. The third kappa shape index (κ3) is 4.07. The van der Waals surface area contributed by atoms with Crippen LogP contribution in [0.25, 0.3) is 0 Å². The van der Waals surface area contributed by atoms with Crippen molar-refractivity contribution in [2.24, 2.45) is 0 Å². The second kappa shape index (κ2) is 7.08. The monoisotopic (exact) mass is 307 g/mol. The van der Waals surface area contributed by atoms with Crippen molar-refractivity contribution < 1.29 is 13.5 Å². The Balaban J connectivity index is 2.10. The molecule has 0 heterocycles. The van der Waals surface area contributed by atoms with Gasteiger partial charge in [-0.2, -0.15) is 0 Å². The van der Waals surface area contributed by atoms with Crippen LogP contribution in [0.4, 0.5) is 0 Å². The molecule has 0 amide bonds. The molecule has 5 heteroatoms. The van der Waals surface area contributed by atoms with Crippen molar-refractivity contribution in [1.29, 1.82) is 0 Å². The fraction of sp³-hybridized carbons (Fsp3) is 0.500. The van der Waals surface area contributed by atoms with Crippen LogP contribution in [0.15, 0.2) is 24.3 Å². The number of hydrogen-bond acceptors (Lipinski definition) is 3. The molecule has 2 rings (SSSR count). The predicted molar refractivity (Wildman–Crippen MR) is 83.0 cm³/mol. The highest BCUT2D eigenvalue weighted by atomic mass is 32.2. The molecule has 0 aliphatic heterocycles. The first-order valence-corrected chi connectivity index (χ1v) is 8.68. The largest absolute Gasteiger partial charge is 0.384 e. The molecule has 114 valence electrons. The van der Waals surface area contributed by atoms with Crippen LogP contribution in [0.2, 0.25) is 0 Å². The van der Waals surface area contributed by atoms with Crippen LogP contribution in [0.5, 0.6) is 0 Å². The van der Waals surface area contributed by atoms with Crippen molar-refractivity contribution in [3.05, 3.63) is 35.4 Å². The second-order valence-corrected chi connectivity index (χ2v) is 7.69. The topological polar surface area (TPSA) is 57.6 Å². The van der Waals surface area contributed by atoms with Crippen molar-refractivity contribution in [1.82, 2.24) is 4.31 Å². The van der Waals surface area contributed by atoms with Crippen LogP contribution in [-0.2, 0) is 16.6 Å². The van der Waals surface area contributed by atoms with Gasteiger partial charge in [-0.25, -0.2) is 12.7 Å². The predicted octanol–water partition coefficient (Wildman–Crippen LogP) is 1.73. The highest BCUT2D eigenvalue weighted by Crippen LogP contribution is 2.27. The maximum atomic E-state index is 12.5. The van der Waals surface area contributed by atoms with Gasteiger partial charge in [0.05, 0.1) is 5.25 Å². The zero-order chi connectivity index (χ0) is 15.3. The van der Waals surface area contributed by atoms with E-state index in [0.29, 0.717) is 6.54 Å². The van der Waals surface area contributed by atoms with Crippen LogP contribution >= 0.6 is 0 Å². The molecule has 0 atom stereocenters. The van der Waals surface area contributed by atoms with Gasteiger partial charge >= 0.3 is 0 Å². The van der Waals surface area contributed by atoms with E-state index in [1.165, 1.54) is 4.31 Å². The summed E-state index contributed by atoms with van der Waals surface area (Å²) in [5.41, 5.74) is 1.69. The third-order valence-corrected chi connectivity index (χ3v) is 6.11. The molecule has 1 aromatic rings. The second-order valence-electron chi connectivity index (χ2n) is 5.37. The summed E-state index contributed by atoms with van der Waals surface area (Å²) in [6.07, 6.45) is 3.55. The Kier molecular flexibility index (Phi) is 5.40. The van der Waals surface area contributed by atoms with E-state index in [0.717, 1.165) is 36.8 Å². The molecule has 0 unspecified atom stereocenters. The number of sulfonamides is 1. The average Bonchev–Trinajstić information content (AvgIpc) is 3.00. The Morgan fingerprint density at radius 2 is 2.05 bits per heavy atom. The fourth-order valence-corrected chi connectivity index (χ4v) is 4.44. The van der Waals surface area contributed by atoms with Crippen LogP contribution in [0.1, 0.15) is 36.8 Å². The first-order valence-electron chi connectivity index (χ1n) is 7.18. The number of rotatable bonds is 4. The molecule has 1 aromatic carbocycles. The number of aliphatic hydroxyl groups excluding tert-OH is 1. The molecule has 0 bridgehead atoms. The molecule has 1 saturated carbocycles. The Morgan fingerprint density at radius 3 is 2.71 bits per heavy atom. The summed E-state index contributed by atoms with van der Waals surface area (Å²) in [6.45, 7) is 0.174. The molecule has 0 radical (unpaired) electrons. The van der Waals surface area contributed by atoms with Crippen molar-refractivity contribution >= 4 is 10.0 Å². The maximum absolute atomic E-state index is 12.5. The lowest BCUT2D eigenvalue weighted by atomic mass is 10.1. The summed E-state index contributed by atoms with van der Waals surface area (Å²) < 4.78 is 26.4. The molecule has 21 heavy (non-hydrogen) atoms. The first kappa shape index (κ1) is 16.0. The van der Waals surface area contributed by atoms with Gasteiger partial charge in [0, 0.05) is 19.2 Å². The number of benzene rings is 1. The summed E-state index contributed by atoms with van der Waals surface area (Å²) in [7, 11) is -1.57. The van der Waals surface area contributed by atoms with Crippen LogP contribution < -0.4 is 0 Å². The lowest BCUT2D eigenvalue weighted by Crippen LogP contribution is -2.34. The first-order chi connectivity index (χ1) is 10.0. The molecule has 0 spiro atoms. The van der Waals surface area contributed by atoms with E-state index in [4.69, 9.17) is 5.11 Å². The standard InChI is InChI=1S/C16H21NO3S/c1-17(21(19,20)16-9-2-3-10-16)13-15-7-4-6-14(12-15)8-5-11-18/h4,6-7,12,16,18H,2-3,9-11,13H2,1H3. The van der Waals surface area contributed by atoms with Crippen molar-refractivity contribution in [3.63, 3.8) is 0 Å². The molecular weight excluding hydrogens is 286 g/mol. The lowest BCUT2D eigenvalue weighted by Gasteiger charge is -2.21.